The zero-order valence-electron chi connectivity index (χ0n) is 12.0. The molecule has 0 amide bonds. The number of nitrogens with zero attached hydrogens (tertiary/aromatic N) is 2. The molecule has 19 heavy (non-hydrogen) atoms. The maximum Gasteiger partial charge on any atom is 0.118 e. The maximum atomic E-state index is 5.17. The number of hydrogen-bond donors (Lipinski definition) is 1. The van der Waals surface area contributed by atoms with Crippen LogP contribution in [0, 0.1) is 0 Å². The van der Waals surface area contributed by atoms with Crippen LogP contribution in [0.15, 0.2) is 30.5 Å². The first kappa shape index (κ1) is 13.5. The van der Waals surface area contributed by atoms with Crippen LogP contribution in [0.4, 0.5) is 5.69 Å². The van der Waals surface area contributed by atoms with Crippen molar-refractivity contribution in [2.75, 3.05) is 12.4 Å². The summed E-state index contributed by atoms with van der Waals surface area (Å²) in [7, 11) is 3.63. The van der Waals surface area contributed by atoms with E-state index in [1.165, 1.54) is 5.56 Å². The second-order valence-electron chi connectivity index (χ2n) is 4.66. The van der Waals surface area contributed by atoms with E-state index in [-0.39, 0.29) is 6.04 Å². The predicted molar refractivity (Wildman–Crippen MR) is 77.6 cm³/mol. The molecule has 0 aliphatic heterocycles. The normalized spacial score (nSPS) is 12.2. The fourth-order valence-electron chi connectivity index (χ4n) is 2.13. The summed E-state index contributed by atoms with van der Waals surface area (Å²) in [6.45, 7) is 4.26. The first-order valence-electron chi connectivity index (χ1n) is 6.57. The number of aryl methyl sites for hydroxylation is 2. The number of benzene rings is 1. The van der Waals surface area contributed by atoms with Crippen LogP contribution in [0.2, 0.25) is 0 Å². The van der Waals surface area contributed by atoms with E-state index in [1.807, 2.05) is 30.1 Å². The molecule has 0 spiro atoms. The third kappa shape index (κ3) is 3.08. The van der Waals surface area contributed by atoms with Gasteiger partial charge in [0.15, 0.2) is 0 Å². The van der Waals surface area contributed by atoms with E-state index in [2.05, 4.69) is 36.4 Å². The second-order valence-corrected chi connectivity index (χ2v) is 4.66. The lowest BCUT2D eigenvalue weighted by Gasteiger charge is -2.15. The zero-order valence-corrected chi connectivity index (χ0v) is 12.0. The van der Waals surface area contributed by atoms with Crippen LogP contribution in [0.25, 0.3) is 0 Å². The van der Waals surface area contributed by atoms with Gasteiger partial charge in [-0.25, -0.2) is 0 Å². The van der Waals surface area contributed by atoms with Crippen molar-refractivity contribution in [1.29, 1.82) is 0 Å². The highest BCUT2D eigenvalue weighted by Gasteiger charge is 2.10. The topological polar surface area (TPSA) is 39.1 Å². The summed E-state index contributed by atoms with van der Waals surface area (Å²) in [5.41, 5.74) is 3.43. The molecule has 0 saturated heterocycles. The molecule has 0 aliphatic carbocycles. The summed E-state index contributed by atoms with van der Waals surface area (Å²) < 4.78 is 7.02. The van der Waals surface area contributed by atoms with E-state index >= 15 is 0 Å². The number of aromatic nitrogens is 2. The van der Waals surface area contributed by atoms with E-state index in [9.17, 15) is 0 Å². The van der Waals surface area contributed by atoms with Crippen LogP contribution in [-0.2, 0) is 13.5 Å². The minimum Gasteiger partial charge on any atom is -0.497 e. The van der Waals surface area contributed by atoms with E-state index in [0.717, 1.165) is 23.6 Å². The summed E-state index contributed by atoms with van der Waals surface area (Å²) in [6, 6.07) is 8.37. The van der Waals surface area contributed by atoms with Gasteiger partial charge in [0.2, 0.25) is 0 Å². The molecule has 1 atom stereocenters. The van der Waals surface area contributed by atoms with Crippen LogP contribution in [0.1, 0.15) is 31.1 Å². The van der Waals surface area contributed by atoms with E-state index < -0.39 is 0 Å². The lowest BCUT2D eigenvalue weighted by atomic mass is 10.1. The average molecular weight is 259 g/mol. The molecule has 0 radical (unpaired) electrons. The molecule has 1 N–H and O–H groups in total. The van der Waals surface area contributed by atoms with Gasteiger partial charge in [-0.05, 0) is 31.0 Å². The minimum atomic E-state index is 0.236. The van der Waals surface area contributed by atoms with Crippen molar-refractivity contribution < 1.29 is 4.74 Å². The summed E-state index contributed by atoms with van der Waals surface area (Å²) in [6.07, 6.45) is 2.96. The highest BCUT2D eigenvalue weighted by Crippen LogP contribution is 2.23. The van der Waals surface area contributed by atoms with Crippen molar-refractivity contribution in [3.05, 3.63) is 41.7 Å². The summed E-state index contributed by atoms with van der Waals surface area (Å²) in [5, 5.41) is 7.95. The zero-order chi connectivity index (χ0) is 13.8. The van der Waals surface area contributed by atoms with Crippen molar-refractivity contribution in [3.63, 3.8) is 0 Å². The minimum absolute atomic E-state index is 0.236. The quantitative estimate of drug-likeness (QED) is 0.896. The second kappa shape index (κ2) is 5.78. The molecule has 1 aromatic heterocycles. The predicted octanol–water partition coefficient (Wildman–Crippen LogP) is 3.16. The maximum absolute atomic E-state index is 5.17. The number of hydrogen-bond acceptors (Lipinski definition) is 3. The van der Waals surface area contributed by atoms with Crippen LogP contribution < -0.4 is 10.1 Å². The summed E-state index contributed by atoms with van der Waals surface area (Å²) >= 11 is 0. The molecule has 0 saturated carbocycles. The number of rotatable bonds is 5. The molecule has 102 valence electrons. The van der Waals surface area contributed by atoms with Crippen molar-refractivity contribution in [3.8, 4) is 5.75 Å². The molecule has 1 heterocycles. The molecular weight excluding hydrogens is 238 g/mol. The molecule has 4 heteroatoms. The van der Waals surface area contributed by atoms with Crippen molar-refractivity contribution in [2.45, 2.75) is 26.3 Å². The Kier molecular flexibility index (Phi) is 4.10. The lowest BCUT2D eigenvalue weighted by molar-refractivity contribution is 0.414. The van der Waals surface area contributed by atoms with Crippen LogP contribution in [0.5, 0.6) is 5.75 Å². The molecule has 2 rings (SSSR count). The van der Waals surface area contributed by atoms with Gasteiger partial charge >= 0.3 is 0 Å². The van der Waals surface area contributed by atoms with Gasteiger partial charge in [0, 0.05) is 19.3 Å². The first-order valence-corrected chi connectivity index (χ1v) is 6.57. The number of anilines is 1. The number of ether oxygens (including phenoxy) is 1. The average Bonchev–Trinajstić information content (AvgIpc) is 2.78. The summed E-state index contributed by atoms with van der Waals surface area (Å²) in [5.74, 6) is 0.881. The Morgan fingerprint density at radius 2 is 2.00 bits per heavy atom. The van der Waals surface area contributed by atoms with Crippen LogP contribution in [-0.4, -0.2) is 16.9 Å². The standard InChI is InChI=1S/C15H21N3O/c1-5-14-15(10-18(3)17-14)16-11(2)12-6-8-13(19-4)9-7-12/h6-11,16H,5H2,1-4H3. The fraction of sp³-hybridized carbons (Fsp3) is 0.400. The van der Waals surface area contributed by atoms with E-state index in [1.54, 1.807) is 7.11 Å². The van der Waals surface area contributed by atoms with Gasteiger partial charge in [-0.15, -0.1) is 0 Å². The molecule has 0 bridgehead atoms. The van der Waals surface area contributed by atoms with Gasteiger partial charge in [-0.2, -0.15) is 5.10 Å². The Balaban J connectivity index is 2.12. The van der Waals surface area contributed by atoms with Gasteiger partial charge in [0.1, 0.15) is 5.75 Å². The van der Waals surface area contributed by atoms with Gasteiger partial charge in [-0.1, -0.05) is 19.1 Å². The Morgan fingerprint density at radius 1 is 1.32 bits per heavy atom. The van der Waals surface area contributed by atoms with Crippen molar-refractivity contribution >= 4 is 5.69 Å². The highest BCUT2D eigenvalue weighted by atomic mass is 16.5. The molecule has 4 nitrogen and oxygen atoms in total. The van der Waals surface area contributed by atoms with Crippen molar-refractivity contribution in [2.24, 2.45) is 7.05 Å². The van der Waals surface area contributed by atoms with Gasteiger partial charge in [0.25, 0.3) is 0 Å². The van der Waals surface area contributed by atoms with Gasteiger partial charge < -0.3 is 10.1 Å². The fourth-order valence-corrected chi connectivity index (χ4v) is 2.13. The van der Waals surface area contributed by atoms with Crippen LogP contribution >= 0.6 is 0 Å². The van der Waals surface area contributed by atoms with Gasteiger partial charge in [-0.3, -0.25) is 4.68 Å². The molecule has 0 aliphatic rings. The lowest BCUT2D eigenvalue weighted by Crippen LogP contribution is -2.07. The van der Waals surface area contributed by atoms with E-state index in [4.69, 9.17) is 4.74 Å². The third-order valence-corrected chi connectivity index (χ3v) is 3.23. The first-order chi connectivity index (χ1) is 9.13. The molecule has 0 fully saturated rings. The number of nitrogens with one attached hydrogen (secondary N) is 1. The largest absolute Gasteiger partial charge is 0.497 e. The molecule has 1 aromatic carbocycles. The Morgan fingerprint density at radius 3 is 2.58 bits per heavy atom. The number of methoxy groups -OCH3 is 1. The van der Waals surface area contributed by atoms with Crippen molar-refractivity contribution in [1.82, 2.24) is 9.78 Å². The monoisotopic (exact) mass is 259 g/mol. The summed E-state index contributed by atoms with van der Waals surface area (Å²) in [4.78, 5) is 0. The van der Waals surface area contributed by atoms with E-state index in [0.29, 0.717) is 0 Å². The Labute approximate surface area is 114 Å². The molecule has 1 unspecified atom stereocenters. The highest BCUT2D eigenvalue weighted by molar-refractivity contribution is 5.48. The molecular formula is C15H21N3O. The smallest absolute Gasteiger partial charge is 0.118 e. The van der Waals surface area contributed by atoms with Crippen LogP contribution in [0.3, 0.4) is 0 Å². The Hall–Kier alpha value is -1.97. The Bertz CT molecular complexity index is 531. The molecule has 2 aromatic rings. The van der Waals surface area contributed by atoms with Gasteiger partial charge in [0.05, 0.1) is 18.5 Å². The third-order valence-electron chi connectivity index (χ3n) is 3.23. The SMILES string of the molecule is CCc1nn(C)cc1NC(C)c1ccc(OC)cc1.